The van der Waals surface area contributed by atoms with E-state index in [-0.39, 0.29) is 34.5 Å². The molecule has 176 valence electrons. The summed E-state index contributed by atoms with van der Waals surface area (Å²) >= 11 is 0. The van der Waals surface area contributed by atoms with Gasteiger partial charge in [0, 0.05) is 41.5 Å². The molecule has 0 aliphatic heterocycles. The number of nitrogens with one attached hydrogen (secondary N) is 2. The lowest BCUT2D eigenvalue weighted by atomic mass is 9.98. The van der Waals surface area contributed by atoms with Gasteiger partial charge in [-0.1, -0.05) is 18.2 Å². The fraction of sp³-hybridized carbons (Fsp3) is 0.208. The van der Waals surface area contributed by atoms with Crippen LogP contribution >= 0.6 is 0 Å². The molecule has 2 heterocycles. The number of nitrogens with zero attached hydrogens (tertiary/aromatic N) is 2. The molecule has 0 radical (unpaired) electrons. The fourth-order valence-electron chi connectivity index (χ4n) is 3.92. The number of H-pyrrole nitrogens is 1. The molecule has 4 aromatic rings. The topological polar surface area (TPSA) is 100 Å². The number of carbonyl (C=O) groups excluding carboxylic acids is 1. The zero-order chi connectivity index (χ0) is 24.6. The molecule has 0 bridgehead atoms. The van der Waals surface area contributed by atoms with Gasteiger partial charge in [0.15, 0.2) is 5.69 Å². The average molecular weight is 470 g/mol. The lowest BCUT2D eigenvalue weighted by Gasteiger charge is -2.16. The summed E-state index contributed by atoms with van der Waals surface area (Å²) in [5.41, 5.74) is 0.149. The van der Waals surface area contributed by atoms with E-state index < -0.39 is 18.0 Å². The summed E-state index contributed by atoms with van der Waals surface area (Å²) in [4.78, 5) is 25.1. The van der Waals surface area contributed by atoms with Crippen molar-refractivity contribution in [2.45, 2.75) is 25.7 Å². The Kier molecular flexibility index (Phi) is 6.01. The van der Waals surface area contributed by atoms with E-state index in [1.165, 1.54) is 42.9 Å². The molecule has 0 saturated heterocycles. The van der Waals surface area contributed by atoms with E-state index in [1.807, 2.05) is 0 Å². The molecular weight excluding hydrogens is 449 g/mol. The van der Waals surface area contributed by atoms with Crippen LogP contribution in [0.15, 0.2) is 59.7 Å². The average Bonchev–Trinajstić information content (AvgIpc) is 3.31. The molecule has 0 spiro atoms. The van der Waals surface area contributed by atoms with E-state index >= 15 is 0 Å². The van der Waals surface area contributed by atoms with Crippen molar-refractivity contribution < 1.29 is 23.1 Å². The number of hydrogen-bond donors (Lipinski definition) is 3. The molecule has 10 heteroatoms. The van der Waals surface area contributed by atoms with Gasteiger partial charge < -0.3 is 15.0 Å². The van der Waals surface area contributed by atoms with E-state index in [0.29, 0.717) is 22.1 Å². The number of alkyl halides is 3. The molecule has 1 unspecified atom stereocenters. The highest BCUT2D eigenvalue weighted by molar-refractivity contribution is 5.94. The maximum Gasteiger partial charge on any atom is 0.435 e. The highest BCUT2D eigenvalue weighted by Gasteiger charge is 2.36. The third-order valence-electron chi connectivity index (χ3n) is 5.56. The third-order valence-corrected chi connectivity index (χ3v) is 5.56. The second kappa shape index (κ2) is 8.79. The number of benzene rings is 2. The number of halogens is 3. The molecule has 1 amide bonds. The number of fused-ring (bicyclic) bond motifs is 1. The van der Waals surface area contributed by atoms with E-state index in [0.717, 1.165) is 6.20 Å². The van der Waals surface area contributed by atoms with E-state index in [9.17, 15) is 27.9 Å². The number of aliphatic hydroxyl groups excluding tert-OH is 1. The Bertz CT molecular complexity index is 1440. The monoisotopic (exact) mass is 470 g/mol. The molecule has 7 nitrogen and oxygen atoms in total. The molecule has 0 saturated carbocycles. The first-order valence-corrected chi connectivity index (χ1v) is 10.4. The highest BCUT2D eigenvalue weighted by atomic mass is 19.4. The van der Waals surface area contributed by atoms with E-state index in [2.05, 4.69) is 15.5 Å². The van der Waals surface area contributed by atoms with Crippen LogP contribution in [0.4, 0.5) is 13.2 Å². The van der Waals surface area contributed by atoms with Gasteiger partial charge in [0.2, 0.25) is 0 Å². The van der Waals surface area contributed by atoms with Crippen LogP contribution in [-0.4, -0.2) is 32.8 Å². The second-order valence-corrected chi connectivity index (χ2v) is 7.88. The van der Waals surface area contributed by atoms with Crippen molar-refractivity contribution >= 4 is 16.7 Å². The smallest absolute Gasteiger partial charge is 0.389 e. The normalized spacial score (nSPS) is 12.6. The highest BCUT2D eigenvalue weighted by Crippen LogP contribution is 2.36. The predicted octanol–water partition coefficient (Wildman–Crippen LogP) is 3.87. The van der Waals surface area contributed by atoms with Crippen LogP contribution in [0, 0.1) is 0 Å². The zero-order valence-corrected chi connectivity index (χ0v) is 18.3. The van der Waals surface area contributed by atoms with Gasteiger partial charge in [-0.25, -0.2) is 0 Å². The summed E-state index contributed by atoms with van der Waals surface area (Å²) in [5, 5.41) is 19.1. The maximum atomic E-state index is 13.3. The van der Waals surface area contributed by atoms with Gasteiger partial charge in [0.25, 0.3) is 11.5 Å². The van der Waals surface area contributed by atoms with Crippen LogP contribution in [0.2, 0.25) is 0 Å². The zero-order valence-electron chi connectivity index (χ0n) is 18.3. The lowest BCUT2D eigenvalue weighted by Crippen LogP contribution is -2.22. The van der Waals surface area contributed by atoms with Gasteiger partial charge in [-0.3, -0.25) is 14.7 Å². The Morgan fingerprint density at radius 1 is 1.21 bits per heavy atom. The standard InChI is InChI=1S/C24H21F3N4O3/c1-13(32)20-12-31(11-14-4-3-5-16(8-14)22(33)28-2)23(34)17-7-6-15(9-18(17)20)19-10-29-30-21(19)24(25,26)27/h3-10,12-13,32H,11H2,1-2H3,(H,28,33)(H,29,30). The summed E-state index contributed by atoms with van der Waals surface area (Å²) in [6, 6.07) is 11.1. The van der Waals surface area contributed by atoms with Crippen LogP contribution in [0.1, 0.15) is 40.2 Å². The number of hydrogen-bond acceptors (Lipinski definition) is 4. The van der Waals surface area contributed by atoms with Crippen LogP contribution < -0.4 is 10.9 Å². The molecule has 0 aliphatic carbocycles. The molecule has 2 aromatic carbocycles. The Labute approximate surface area is 191 Å². The number of amides is 1. The maximum absolute atomic E-state index is 13.3. The minimum absolute atomic E-state index is 0.140. The molecule has 34 heavy (non-hydrogen) atoms. The Hall–Kier alpha value is -3.92. The SMILES string of the molecule is CNC(=O)c1cccc(Cn2cc(C(C)O)c3cc(-c4c[nH]nc4C(F)(F)F)ccc3c2=O)c1. The van der Waals surface area contributed by atoms with Gasteiger partial charge >= 0.3 is 6.18 Å². The van der Waals surface area contributed by atoms with E-state index in [4.69, 9.17) is 0 Å². The van der Waals surface area contributed by atoms with Crippen molar-refractivity contribution in [2.24, 2.45) is 0 Å². The van der Waals surface area contributed by atoms with Crippen LogP contribution in [0.3, 0.4) is 0 Å². The Morgan fingerprint density at radius 3 is 2.65 bits per heavy atom. The number of aromatic nitrogens is 3. The molecule has 0 fully saturated rings. The van der Waals surface area contributed by atoms with Crippen molar-refractivity contribution in [1.82, 2.24) is 20.1 Å². The molecule has 0 aliphatic rings. The first kappa shape index (κ1) is 23.2. The number of pyridine rings is 1. The number of aromatic amines is 1. The molecule has 4 rings (SSSR count). The number of aliphatic hydroxyl groups is 1. The first-order valence-electron chi connectivity index (χ1n) is 10.4. The predicted molar refractivity (Wildman–Crippen MR) is 120 cm³/mol. The van der Waals surface area contributed by atoms with Gasteiger partial charge in [0.1, 0.15) is 0 Å². The first-order chi connectivity index (χ1) is 16.1. The summed E-state index contributed by atoms with van der Waals surface area (Å²) in [5.74, 6) is -0.262. The minimum Gasteiger partial charge on any atom is -0.389 e. The van der Waals surface area contributed by atoms with Crippen molar-refractivity contribution in [1.29, 1.82) is 0 Å². The Balaban J connectivity index is 1.83. The molecule has 1 atom stereocenters. The number of carbonyl (C=O) groups is 1. The van der Waals surface area contributed by atoms with Crippen molar-refractivity contribution in [3.63, 3.8) is 0 Å². The lowest BCUT2D eigenvalue weighted by molar-refractivity contribution is -0.140. The summed E-state index contributed by atoms with van der Waals surface area (Å²) in [6.07, 6.45) is -3.00. The largest absolute Gasteiger partial charge is 0.435 e. The van der Waals surface area contributed by atoms with E-state index in [1.54, 1.807) is 24.3 Å². The quantitative estimate of drug-likeness (QED) is 0.412. The van der Waals surface area contributed by atoms with Crippen LogP contribution in [0.25, 0.3) is 21.9 Å². The summed E-state index contributed by atoms with van der Waals surface area (Å²) in [7, 11) is 1.52. The molecule has 3 N–H and O–H groups in total. The van der Waals surface area contributed by atoms with Crippen molar-refractivity contribution in [3.05, 3.63) is 87.6 Å². The fourth-order valence-corrected chi connectivity index (χ4v) is 3.92. The van der Waals surface area contributed by atoms with Gasteiger partial charge in [0.05, 0.1) is 12.6 Å². The molecular formula is C24H21F3N4O3. The number of rotatable bonds is 5. The van der Waals surface area contributed by atoms with Gasteiger partial charge in [-0.05, 0) is 47.7 Å². The summed E-state index contributed by atoms with van der Waals surface area (Å²) in [6.45, 7) is 1.66. The minimum atomic E-state index is -4.65. The van der Waals surface area contributed by atoms with Gasteiger partial charge in [-0.2, -0.15) is 18.3 Å². The second-order valence-electron chi connectivity index (χ2n) is 7.88. The Morgan fingerprint density at radius 2 is 1.97 bits per heavy atom. The summed E-state index contributed by atoms with van der Waals surface area (Å²) < 4.78 is 41.3. The van der Waals surface area contributed by atoms with Gasteiger partial charge in [-0.15, -0.1) is 0 Å². The molecule has 2 aromatic heterocycles. The van der Waals surface area contributed by atoms with Crippen LogP contribution in [-0.2, 0) is 12.7 Å². The van der Waals surface area contributed by atoms with Crippen molar-refractivity contribution in [3.8, 4) is 11.1 Å². The van der Waals surface area contributed by atoms with Crippen LogP contribution in [0.5, 0.6) is 0 Å². The van der Waals surface area contributed by atoms with Crippen molar-refractivity contribution in [2.75, 3.05) is 7.05 Å². The third kappa shape index (κ3) is 4.32.